The lowest BCUT2D eigenvalue weighted by Crippen LogP contribution is -2.00. The summed E-state index contributed by atoms with van der Waals surface area (Å²) in [6, 6.07) is 6.22. The molecule has 26 heavy (non-hydrogen) atoms. The predicted molar refractivity (Wildman–Crippen MR) is 105 cm³/mol. The van der Waals surface area contributed by atoms with Crippen LogP contribution in [0.3, 0.4) is 0 Å². The lowest BCUT2D eigenvalue weighted by atomic mass is 10.1. The van der Waals surface area contributed by atoms with Crippen LogP contribution in [-0.4, -0.2) is 30.9 Å². The first kappa shape index (κ1) is 17.2. The standard InChI is InChI=1S/C18H19ClN6S/c1-10-4-5-11(2)15(8-10)24-16(19)14(12(3)23-24)9-20-25-17(13-6-7-13)21-22-18(25)26/h4-5,8-9,13H,6-7H2,1-3H3,(H,22,26)/b20-9-. The summed E-state index contributed by atoms with van der Waals surface area (Å²) >= 11 is 11.9. The summed E-state index contributed by atoms with van der Waals surface area (Å²) in [6.07, 6.45) is 3.96. The van der Waals surface area contributed by atoms with Crippen molar-refractivity contribution in [3.63, 3.8) is 0 Å². The van der Waals surface area contributed by atoms with E-state index in [0.717, 1.165) is 46.7 Å². The molecule has 6 nitrogen and oxygen atoms in total. The van der Waals surface area contributed by atoms with Crippen LogP contribution in [0.5, 0.6) is 0 Å². The van der Waals surface area contributed by atoms with Crippen molar-refractivity contribution in [2.75, 3.05) is 0 Å². The number of aryl methyl sites for hydroxylation is 3. The molecule has 1 N–H and O–H groups in total. The largest absolute Gasteiger partial charge is 0.250 e. The number of nitrogens with one attached hydrogen (secondary N) is 1. The monoisotopic (exact) mass is 386 g/mol. The fourth-order valence-electron chi connectivity index (χ4n) is 2.90. The van der Waals surface area contributed by atoms with Crippen LogP contribution in [0, 0.1) is 25.5 Å². The minimum Gasteiger partial charge on any atom is -0.250 e. The molecule has 3 aromatic rings. The summed E-state index contributed by atoms with van der Waals surface area (Å²) in [5, 5.41) is 16.8. The number of rotatable bonds is 4. The third-order valence-corrected chi connectivity index (χ3v) is 5.19. The van der Waals surface area contributed by atoms with Gasteiger partial charge in [-0.1, -0.05) is 23.7 Å². The third kappa shape index (κ3) is 3.01. The first-order chi connectivity index (χ1) is 12.5. The van der Waals surface area contributed by atoms with Crippen molar-refractivity contribution in [3.8, 4) is 5.69 Å². The van der Waals surface area contributed by atoms with Crippen LogP contribution in [0.4, 0.5) is 0 Å². The zero-order chi connectivity index (χ0) is 18.4. The van der Waals surface area contributed by atoms with E-state index in [0.29, 0.717) is 15.8 Å². The quantitative estimate of drug-likeness (QED) is 0.531. The Kier molecular flexibility index (Phi) is 4.28. The Labute approximate surface area is 161 Å². The van der Waals surface area contributed by atoms with Gasteiger partial charge in [0.05, 0.1) is 23.2 Å². The Balaban J connectivity index is 1.75. The molecule has 134 valence electrons. The van der Waals surface area contributed by atoms with Crippen LogP contribution < -0.4 is 0 Å². The molecule has 1 aliphatic rings. The van der Waals surface area contributed by atoms with E-state index in [1.165, 1.54) is 0 Å². The molecule has 0 atom stereocenters. The summed E-state index contributed by atoms with van der Waals surface area (Å²) in [5.74, 6) is 1.32. The second-order valence-corrected chi connectivity index (χ2v) is 7.45. The second kappa shape index (κ2) is 6.48. The number of aromatic nitrogens is 5. The maximum absolute atomic E-state index is 6.63. The summed E-state index contributed by atoms with van der Waals surface area (Å²) in [6.45, 7) is 6.02. The molecule has 1 aromatic carbocycles. The number of H-pyrrole nitrogens is 1. The molecule has 0 spiro atoms. The van der Waals surface area contributed by atoms with Crippen molar-refractivity contribution in [1.82, 2.24) is 24.7 Å². The topological polar surface area (TPSA) is 63.8 Å². The van der Waals surface area contributed by atoms with Crippen LogP contribution in [0.15, 0.2) is 23.3 Å². The molecule has 0 amide bonds. The molecule has 4 rings (SSSR count). The molecule has 0 saturated heterocycles. The molecule has 2 aromatic heterocycles. The molecule has 8 heteroatoms. The minimum absolute atomic E-state index is 0.439. The van der Waals surface area contributed by atoms with E-state index in [-0.39, 0.29) is 0 Å². The predicted octanol–water partition coefficient (Wildman–Crippen LogP) is 4.46. The SMILES string of the molecule is Cc1ccc(C)c(-n2nc(C)c(/C=N\n3c(C4CC4)n[nH]c3=S)c2Cl)c1. The van der Waals surface area contributed by atoms with Crippen molar-refractivity contribution in [3.05, 3.63) is 56.3 Å². The molecule has 1 aliphatic carbocycles. The van der Waals surface area contributed by atoms with E-state index in [1.807, 2.05) is 13.8 Å². The fourth-order valence-corrected chi connectivity index (χ4v) is 3.40. The van der Waals surface area contributed by atoms with Crippen LogP contribution in [0.2, 0.25) is 5.15 Å². The lowest BCUT2D eigenvalue weighted by Gasteiger charge is -2.08. The summed E-state index contributed by atoms with van der Waals surface area (Å²) in [5.41, 5.74) is 4.82. The number of nitrogens with zero attached hydrogens (tertiary/aromatic N) is 5. The van der Waals surface area contributed by atoms with Crippen molar-refractivity contribution < 1.29 is 0 Å². The van der Waals surface area contributed by atoms with Crippen LogP contribution in [-0.2, 0) is 0 Å². The maximum atomic E-state index is 6.63. The second-order valence-electron chi connectivity index (χ2n) is 6.71. The zero-order valence-corrected chi connectivity index (χ0v) is 16.4. The Morgan fingerprint density at radius 1 is 1.31 bits per heavy atom. The molecular weight excluding hydrogens is 368 g/mol. The zero-order valence-electron chi connectivity index (χ0n) is 14.8. The molecule has 0 radical (unpaired) electrons. The van der Waals surface area contributed by atoms with Gasteiger partial charge >= 0.3 is 0 Å². The average Bonchev–Trinajstić information content (AvgIpc) is 3.33. The first-order valence-corrected chi connectivity index (χ1v) is 9.28. The highest BCUT2D eigenvalue weighted by Gasteiger charge is 2.29. The Morgan fingerprint density at radius 2 is 2.08 bits per heavy atom. The van der Waals surface area contributed by atoms with Gasteiger partial charge in [-0.3, -0.25) is 5.10 Å². The molecule has 0 aliphatic heterocycles. The molecule has 0 unspecified atom stereocenters. The van der Waals surface area contributed by atoms with Gasteiger partial charge < -0.3 is 0 Å². The van der Waals surface area contributed by atoms with Gasteiger partial charge in [0.2, 0.25) is 4.77 Å². The van der Waals surface area contributed by atoms with Crippen molar-refractivity contribution in [2.24, 2.45) is 5.10 Å². The van der Waals surface area contributed by atoms with Crippen LogP contribution in [0.1, 0.15) is 47.0 Å². The van der Waals surface area contributed by atoms with E-state index in [1.54, 1.807) is 15.6 Å². The Bertz CT molecular complexity index is 1070. The number of hydrogen-bond donors (Lipinski definition) is 1. The van der Waals surface area contributed by atoms with Crippen LogP contribution in [0.25, 0.3) is 5.69 Å². The molecule has 1 fully saturated rings. The van der Waals surface area contributed by atoms with Gasteiger partial charge in [0.1, 0.15) is 5.15 Å². The van der Waals surface area contributed by atoms with Crippen molar-refractivity contribution in [1.29, 1.82) is 0 Å². The van der Waals surface area contributed by atoms with E-state index in [9.17, 15) is 0 Å². The fraction of sp³-hybridized carbons (Fsp3) is 0.333. The van der Waals surface area contributed by atoms with Crippen molar-refractivity contribution in [2.45, 2.75) is 39.5 Å². The highest BCUT2D eigenvalue weighted by Crippen LogP contribution is 2.38. The van der Waals surface area contributed by atoms with Gasteiger partial charge in [-0.05, 0) is 63.0 Å². The highest BCUT2D eigenvalue weighted by atomic mass is 35.5. The number of hydrogen-bond acceptors (Lipinski definition) is 4. The van der Waals surface area contributed by atoms with Gasteiger partial charge in [-0.15, -0.1) is 0 Å². The van der Waals surface area contributed by atoms with E-state index in [2.05, 4.69) is 45.5 Å². The van der Waals surface area contributed by atoms with Gasteiger partial charge in [-0.25, -0.2) is 4.68 Å². The number of halogens is 1. The Hall–Kier alpha value is -2.25. The normalized spacial score (nSPS) is 14.5. The van der Waals surface area contributed by atoms with Gasteiger partial charge in [-0.2, -0.15) is 20.0 Å². The summed E-state index contributed by atoms with van der Waals surface area (Å²) in [7, 11) is 0. The first-order valence-electron chi connectivity index (χ1n) is 8.50. The minimum atomic E-state index is 0.439. The van der Waals surface area contributed by atoms with Gasteiger partial charge in [0.25, 0.3) is 0 Å². The smallest absolute Gasteiger partial charge is 0.216 e. The Morgan fingerprint density at radius 3 is 2.81 bits per heavy atom. The maximum Gasteiger partial charge on any atom is 0.216 e. The molecule has 2 heterocycles. The van der Waals surface area contributed by atoms with Gasteiger partial charge in [0.15, 0.2) is 5.82 Å². The van der Waals surface area contributed by atoms with Gasteiger partial charge in [0, 0.05) is 5.92 Å². The van der Waals surface area contributed by atoms with E-state index >= 15 is 0 Å². The summed E-state index contributed by atoms with van der Waals surface area (Å²) < 4.78 is 3.92. The number of benzene rings is 1. The lowest BCUT2D eigenvalue weighted by molar-refractivity contribution is 0.772. The van der Waals surface area contributed by atoms with Crippen LogP contribution >= 0.6 is 23.8 Å². The average molecular weight is 387 g/mol. The number of aromatic amines is 1. The third-order valence-electron chi connectivity index (χ3n) is 4.56. The van der Waals surface area contributed by atoms with Crippen molar-refractivity contribution >= 4 is 30.0 Å². The van der Waals surface area contributed by atoms with E-state index in [4.69, 9.17) is 23.8 Å². The molecular formula is C18H19ClN6S. The molecule has 0 bridgehead atoms. The summed E-state index contributed by atoms with van der Waals surface area (Å²) in [4.78, 5) is 0. The van der Waals surface area contributed by atoms with E-state index < -0.39 is 0 Å². The molecule has 1 saturated carbocycles. The highest BCUT2D eigenvalue weighted by molar-refractivity contribution is 7.71.